The van der Waals surface area contributed by atoms with Crippen molar-refractivity contribution in [2.45, 2.75) is 13.5 Å². The first-order chi connectivity index (χ1) is 12.8. The topological polar surface area (TPSA) is 115 Å². The number of nitrogens with zero attached hydrogens (tertiary/aromatic N) is 2. The molecule has 3 rings (SSSR count). The molecule has 0 atom stereocenters. The van der Waals surface area contributed by atoms with Crippen LogP contribution < -0.4 is 10.9 Å². The molecule has 1 amide bonds. The number of anilines is 1. The highest BCUT2D eigenvalue weighted by atomic mass is 32.1. The Hall–Kier alpha value is -3.04. The molecule has 0 aliphatic carbocycles. The highest BCUT2D eigenvalue weighted by molar-refractivity contribution is 7.20. The second-order valence-corrected chi connectivity index (χ2v) is 7.29. The number of carboxylic acid groups (broad SMARTS) is 1. The van der Waals surface area contributed by atoms with Crippen LogP contribution in [0.3, 0.4) is 0 Å². The van der Waals surface area contributed by atoms with Gasteiger partial charge >= 0.3 is 5.97 Å². The number of thiophene rings is 1. The van der Waals surface area contributed by atoms with Crippen LogP contribution in [0.15, 0.2) is 29.1 Å². The van der Waals surface area contributed by atoms with E-state index in [0.717, 1.165) is 11.3 Å². The Kier molecular flexibility index (Phi) is 5.06. The predicted octanol–water partition coefficient (Wildman–Crippen LogP) is 2.31. The summed E-state index contributed by atoms with van der Waals surface area (Å²) >= 11 is 1.11. The number of para-hydroxylation sites is 1. The molecule has 0 bridgehead atoms. The zero-order chi connectivity index (χ0) is 19.7. The lowest BCUT2D eigenvalue weighted by molar-refractivity contribution is 0.0698. The van der Waals surface area contributed by atoms with E-state index in [2.05, 4.69) is 15.3 Å². The molecule has 0 aliphatic heterocycles. The van der Waals surface area contributed by atoms with E-state index < -0.39 is 11.9 Å². The highest BCUT2D eigenvalue weighted by Gasteiger charge is 2.21. The third kappa shape index (κ3) is 3.74. The summed E-state index contributed by atoms with van der Waals surface area (Å²) in [5.41, 5.74) is 0.414. The molecule has 0 spiro atoms. The van der Waals surface area contributed by atoms with Gasteiger partial charge in [-0.15, -0.1) is 11.3 Å². The number of aryl methyl sites for hydroxylation is 1. The molecule has 2 heterocycles. The summed E-state index contributed by atoms with van der Waals surface area (Å²) in [5, 5.41) is 12.2. The molecule has 27 heavy (non-hydrogen) atoms. The van der Waals surface area contributed by atoms with Gasteiger partial charge in [-0.25, -0.2) is 9.78 Å². The summed E-state index contributed by atoms with van der Waals surface area (Å²) in [4.78, 5) is 46.3. The fraction of sp³-hybridized carbons (Fsp3) is 0.222. The van der Waals surface area contributed by atoms with Gasteiger partial charge < -0.3 is 20.3 Å². The first kappa shape index (κ1) is 18.7. The second kappa shape index (κ2) is 7.29. The van der Waals surface area contributed by atoms with Gasteiger partial charge in [0, 0.05) is 0 Å². The van der Waals surface area contributed by atoms with Crippen molar-refractivity contribution in [1.82, 2.24) is 14.9 Å². The van der Waals surface area contributed by atoms with Gasteiger partial charge in [0.2, 0.25) is 0 Å². The largest absolute Gasteiger partial charge is 0.478 e. The minimum atomic E-state index is -1.13. The Morgan fingerprint density at radius 3 is 2.67 bits per heavy atom. The third-order valence-corrected chi connectivity index (χ3v) is 5.11. The summed E-state index contributed by atoms with van der Waals surface area (Å²) in [5.74, 6) is -1.09. The van der Waals surface area contributed by atoms with Crippen LogP contribution in [-0.2, 0) is 6.54 Å². The van der Waals surface area contributed by atoms with E-state index in [4.69, 9.17) is 0 Å². The van der Waals surface area contributed by atoms with Gasteiger partial charge in [-0.05, 0) is 38.7 Å². The van der Waals surface area contributed by atoms with Crippen molar-refractivity contribution < 1.29 is 14.7 Å². The van der Waals surface area contributed by atoms with Crippen LogP contribution >= 0.6 is 11.3 Å². The number of aromatic amines is 1. The number of nitrogens with one attached hydrogen (secondary N) is 2. The number of carbonyl (C=O) groups is 2. The zero-order valence-corrected chi connectivity index (χ0v) is 15.8. The van der Waals surface area contributed by atoms with Crippen LogP contribution in [0.4, 0.5) is 5.69 Å². The van der Waals surface area contributed by atoms with E-state index in [1.54, 1.807) is 19.1 Å². The highest BCUT2D eigenvalue weighted by Crippen LogP contribution is 2.28. The van der Waals surface area contributed by atoms with E-state index >= 15 is 0 Å². The van der Waals surface area contributed by atoms with Crippen LogP contribution in [0.1, 0.15) is 31.4 Å². The summed E-state index contributed by atoms with van der Waals surface area (Å²) in [6.45, 7) is 2.15. The SMILES string of the molecule is Cc1c(C(=O)Nc2ccccc2C(=O)O)sc2nc(CN(C)C)[nH]c(=O)c12. The number of aromatic carboxylic acids is 1. The number of carboxylic acids is 1. The molecule has 0 unspecified atom stereocenters. The average Bonchev–Trinajstić information content (AvgIpc) is 2.91. The lowest BCUT2D eigenvalue weighted by Crippen LogP contribution is -2.18. The van der Waals surface area contributed by atoms with Gasteiger partial charge in [0.05, 0.1) is 28.1 Å². The molecule has 0 radical (unpaired) electrons. The smallest absolute Gasteiger partial charge is 0.337 e. The van der Waals surface area contributed by atoms with E-state index in [-0.39, 0.29) is 16.8 Å². The van der Waals surface area contributed by atoms with Crippen molar-refractivity contribution in [2.24, 2.45) is 0 Å². The van der Waals surface area contributed by atoms with Gasteiger partial charge in [0.25, 0.3) is 11.5 Å². The molecule has 9 heteroatoms. The molecule has 0 fully saturated rings. The third-order valence-electron chi connectivity index (χ3n) is 3.93. The molecule has 140 valence electrons. The standard InChI is InChI=1S/C18H18N4O4S/c1-9-13-15(23)20-12(8-22(2)3)21-17(13)27-14(9)16(24)19-11-7-5-4-6-10(11)18(25)26/h4-7H,8H2,1-3H3,(H,19,24)(H,25,26)(H,20,21,23). The van der Waals surface area contributed by atoms with Crippen LogP contribution in [0.5, 0.6) is 0 Å². The van der Waals surface area contributed by atoms with Gasteiger partial charge in [-0.2, -0.15) is 0 Å². The Morgan fingerprint density at radius 1 is 1.30 bits per heavy atom. The summed E-state index contributed by atoms with van der Waals surface area (Å²) in [7, 11) is 3.73. The van der Waals surface area contributed by atoms with Gasteiger partial charge in [-0.3, -0.25) is 9.59 Å². The molecule has 0 saturated heterocycles. The molecule has 2 aromatic heterocycles. The predicted molar refractivity (Wildman–Crippen MR) is 104 cm³/mol. The number of amides is 1. The quantitative estimate of drug-likeness (QED) is 0.620. The van der Waals surface area contributed by atoms with Crippen LogP contribution in [0, 0.1) is 6.92 Å². The Balaban J connectivity index is 2.01. The number of aromatic nitrogens is 2. The second-order valence-electron chi connectivity index (χ2n) is 6.29. The monoisotopic (exact) mass is 386 g/mol. The zero-order valence-electron chi connectivity index (χ0n) is 15.0. The van der Waals surface area contributed by atoms with E-state index in [0.29, 0.717) is 33.0 Å². The minimum Gasteiger partial charge on any atom is -0.478 e. The fourth-order valence-corrected chi connectivity index (χ4v) is 3.83. The van der Waals surface area contributed by atoms with Crippen molar-refractivity contribution in [2.75, 3.05) is 19.4 Å². The van der Waals surface area contributed by atoms with Gasteiger partial charge in [0.15, 0.2) is 0 Å². The first-order valence-corrected chi connectivity index (χ1v) is 8.90. The van der Waals surface area contributed by atoms with E-state index in [9.17, 15) is 19.5 Å². The maximum atomic E-state index is 12.7. The van der Waals surface area contributed by atoms with Crippen molar-refractivity contribution >= 4 is 39.1 Å². The summed E-state index contributed by atoms with van der Waals surface area (Å²) in [6.07, 6.45) is 0. The van der Waals surface area contributed by atoms with Gasteiger partial charge in [-0.1, -0.05) is 12.1 Å². The lowest BCUT2D eigenvalue weighted by Gasteiger charge is -2.07. The Bertz CT molecular complexity index is 1100. The number of H-pyrrole nitrogens is 1. The van der Waals surface area contributed by atoms with Gasteiger partial charge in [0.1, 0.15) is 10.7 Å². The van der Waals surface area contributed by atoms with Crippen molar-refractivity contribution in [1.29, 1.82) is 0 Å². The normalized spacial score (nSPS) is 11.1. The van der Waals surface area contributed by atoms with Crippen molar-refractivity contribution in [3.8, 4) is 0 Å². The molecular formula is C18H18N4O4S. The molecule has 0 aliphatic rings. The summed E-state index contributed by atoms with van der Waals surface area (Å²) in [6, 6.07) is 6.15. The molecular weight excluding hydrogens is 368 g/mol. The van der Waals surface area contributed by atoms with Crippen LogP contribution in [0.2, 0.25) is 0 Å². The molecule has 0 saturated carbocycles. The number of benzene rings is 1. The maximum absolute atomic E-state index is 12.7. The molecule has 1 aromatic carbocycles. The van der Waals surface area contributed by atoms with Crippen LogP contribution in [0.25, 0.3) is 10.2 Å². The number of carbonyl (C=O) groups excluding carboxylic acids is 1. The van der Waals surface area contributed by atoms with Crippen molar-refractivity contribution in [3.63, 3.8) is 0 Å². The number of fused-ring (bicyclic) bond motifs is 1. The minimum absolute atomic E-state index is 0.00569. The Morgan fingerprint density at radius 2 is 2.00 bits per heavy atom. The average molecular weight is 386 g/mol. The summed E-state index contributed by atoms with van der Waals surface area (Å²) < 4.78 is 0. The molecule has 3 aromatic rings. The fourth-order valence-electron chi connectivity index (χ4n) is 2.74. The number of rotatable bonds is 5. The van der Waals surface area contributed by atoms with E-state index in [1.807, 2.05) is 19.0 Å². The molecule has 8 nitrogen and oxygen atoms in total. The number of hydrogen-bond acceptors (Lipinski definition) is 6. The first-order valence-electron chi connectivity index (χ1n) is 8.08. The van der Waals surface area contributed by atoms with E-state index in [1.165, 1.54) is 12.1 Å². The van der Waals surface area contributed by atoms with Crippen molar-refractivity contribution in [3.05, 3.63) is 56.4 Å². The molecule has 3 N–H and O–H groups in total. The Labute approximate surface area is 158 Å². The lowest BCUT2D eigenvalue weighted by atomic mass is 10.1. The van der Waals surface area contributed by atoms with Crippen LogP contribution in [-0.4, -0.2) is 45.9 Å². The number of hydrogen-bond donors (Lipinski definition) is 3. The maximum Gasteiger partial charge on any atom is 0.337 e.